The van der Waals surface area contributed by atoms with Gasteiger partial charge in [0.2, 0.25) is 0 Å². The van der Waals surface area contributed by atoms with Crippen LogP contribution < -0.4 is 4.74 Å². The van der Waals surface area contributed by atoms with Gasteiger partial charge in [0.05, 0.1) is 7.11 Å². The number of rotatable bonds is 4. The summed E-state index contributed by atoms with van der Waals surface area (Å²) in [5, 5.41) is 0. The minimum absolute atomic E-state index is 0.690. The van der Waals surface area contributed by atoms with Gasteiger partial charge in [-0.3, -0.25) is 0 Å². The van der Waals surface area contributed by atoms with Crippen LogP contribution in [0.5, 0.6) is 5.75 Å². The van der Waals surface area contributed by atoms with Gasteiger partial charge in [0.25, 0.3) is 0 Å². The normalized spacial score (nSPS) is 10.3. The fraction of sp³-hybridized carbons (Fsp3) is 0.455. The maximum Gasteiger partial charge on any atom is 0.122 e. The lowest BCUT2D eigenvalue weighted by Gasteiger charge is -2.10. The molecule has 0 radical (unpaired) electrons. The van der Waals surface area contributed by atoms with Gasteiger partial charge in [-0.05, 0) is 37.1 Å². The first-order valence-electron chi connectivity index (χ1n) is 4.53. The molecule has 0 heterocycles. The first-order valence-corrected chi connectivity index (χ1v) is 6.05. The molecule has 0 unspecified atom stereocenters. The van der Waals surface area contributed by atoms with E-state index in [2.05, 4.69) is 26.0 Å². The Morgan fingerprint density at radius 2 is 2.00 bits per heavy atom. The Bertz CT molecular complexity index is 312. The van der Waals surface area contributed by atoms with Crippen molar-refractivity contribution in [3.05, 3.63) is 23.3 Å². The lowest BCUT2D eigenvalue weighted by molar-refractivity contribution is 0.411. The molecule has 3 heteroatoms. The van der Waals surface area contributed by atoms with Crippen molar-refractivity contribution in [2.45, 2.75) is 18.7 Å². The molecule has 1 rings (SSSR count). The van der Waals surface area contributed by atoms with Crippen LogP contribution in [0.15, 0.2) is 17.0 Å². The Kier molecular flexibility index (Phi) is 4.63. The van der Waals surface area contributed by atoms with E-state index >= 15 is 0 Å². The Morgan fingerprint density at radius 1 is 1.29 bits per heavy atom. The average molecular weight is 231 g/mol. The minimum Gasteiger partial charge on any atom is -0.496 e. The third-order valence-corrected chi connectivity index (χ3v) is 3.60. The number of benzene rings is 1. The van der Waals surface area contributed by atoms with E-state index in [-0.39, 0.29) is 0 Å². The summed E-state index contributed by atoms with van der Waals surface area (Å²) >= 11 is 7.45. The highest BCUT2D eigenvalue weighted by Crippen LogP contribution is 2.29. The third kappa shape index (κ3) is 2.82. The number of methoxy groups -OCH3 is 1. The molecule has 0 saturated heterocycles. The fourth-order valence-corrected chi connectivity index (χ4v) is 2.36. The van der Waals surface area contributed by atoms with E-state index in [0.717, 1.165) is 11.5 Å². The predicted molar refractivity (Wildman–Crippen MR) is 63.9 cm³/mol. The third-order valence-electron chi connectivity index (χ3n) is 2.03. The SMILES string of the molecule is COc1cc(C)c(SCCCl)cc1C. The van der Waals surface area contributed by atoms with E-state index < -0.39 is 0 Å². The van der Waals surface area contributed by atoms with Gasteiger partial charge < -0.3 is 4.74 Å². The summed E-state index contributed by atoms with van der Waals surface area (Å²) in [5.41, 5.74) is 2.43. The molecule has 0 atom stereocenters. The lowest BCUT2D eigenvalue weighted by atomic mass is 10.1. The smallest absolute Gasteiger partial charge is 0.122 e. The van der Waals surface area contributed by atoms with Gasteiger partial charge in [-0.25, -0.2) is 0 Å². The molecule has 0 bridgehead atoms. The Hall–Kier alpha value is -0.340. The highest BCUT2D eigenvalue weighted by molar-refractivity contribution is 7.99. The first kappa shape index (κ1) is 11.7. The Balaban J connectivity index is 2.90. The molecule has 78 valence electrons. The van der Waals surface area contributed by atoms with Crippen LogP contribution in [-0.2, 0) is 0 Å². The quantitative estimate of drug-likeness (QED) is 0.577. The second-order valence-corrected chi connectivity index (χ2v) is 4.64. The second-order valence-electron chi connectivity index (χ2n) is 3.12. The van der Waals surface area contributed by atoms with Gasteiger partial charge in [-0.2, -0.15) is 0 Å². The van der Waals surface area contributed by atoms with Crippen molar-refractivity contribution in [3.8, 4) is 5.75 Å². The highest BCUT2D eigenvalue weighted by atomic mass is 35.5. The lowest BCUT2D eigenvalue weighted by Crippen LogP contribution is -1.91. The first-order chi connectivity index (χ1) is 6.69. The van der Waals surface area contributed by atoms with E-state index in [1.54, 1.807) is 18.9 Å². The number of hydrogen-bond donors (Lipinski definition) is 0. The Labute approximate surface area is 94.8 Å². The molecule has 0 amide bonds. The average Bonchev–Trinajstić information content (AvgIpc) is 2.18. The molecule has 0 fully saturated rings. The van der Waals surface area contributed by atoms with Gasteiger partial charge >= 0.3 is 0 Å². The van der Waals surface area contributed by atoms with Crippen molar-refractivity contribution in [1.82, 2.24) is 0 Å². The van der Waals surface area contributed by atoms with E-state index in [1.165, 1.54) is 16.0 Å². The standard InChI is InChI=1S/C11H15ClOS/c1-8-7-11(14-5-4-12)9(2)6-10(8)13-3/h6-7H,4-5H2,1-3H3. The van der Waals surface area contributed by atoms with Crippen LogP contribution in [0.1, 0.15) is 11.1 Å². The summed E-state index contributed by atoms with van der Waals surface area (Å²) < 4.78 is 5.25. The van der Waals surface area contributed by atoms with Crippen molar-refractivity contribution in [2.75, 3.05) is 18.7 Å². The maximum absolute atomic E-state index is 5.66. The van der Waals surface area contributed by atoms with Crippen LogP contribution >= 0.6 is 23.4 Å². The van der Waals surface area contributed by atoms with Crippen LogP contribution in [0.25, 0.3) is 0 Å². The summed E-state index contributed by atoms with van der Waals surface area (Å²) in [6.45, 7) is 4.15. The van der Waals surface area contributed by atoms with Crippen LogP contribution in [0.4, 0.5) is 0 Å². The van der Waals surface area contributed by atoms with E-state index in [1.807, 2.05) is 0 Å². The molecule has 14 heavy (non-hydrogen) atoms. The largest absolute Gasteiger partial charge is 0.496 e. The molecule has 0 N–H and O–H groups in total. The second kappa shape index (κ2) is 5.52. The number of alkyl halides is 1. The summed E-state index contributed by atoms with van der Waals surface area (Å²) in [7, 11) is 1.70. The van der Waals surface area contributed by atoms with E-state index in [9.17, 15) is 0 Å². The molecule has 0 aliphatic carbocycles. The number of thioether (sulfide) groups is 1. The Morgan fingerprint density at radius 3 is 2.57 bits per heavy atom. The van der Waals surface area contributed by atoms with Crippen LogP contribution in [0.3, 0.4) is 0 Å². The van der Waals surface area contributed by atoms with Crippen molar-refractivity contribution < 1.29 is 4.74 Å². The zero-order chi connectivity index (χ0) is 10.6. The fourth-order valence-electron chi connectivity index (χ4n) is 1.29. The predicted octanol–water partition coefficient (Wildman–Crippen LogP) is 3.64. The molecule has 0 saturated carbocycles. The van der Waals surface area contributed by atoms with Gasteiger partial charge in [0, 0.05) is 16.5 Å². The van der Waals surface area contributed by atoms with Gasteiger partial charge in [0.15, 0.2) is 0 Å². The van der Waals surface area contributed by atoms with Crippen LogP contribution in [-0.4, -0.2) is 18.7 Å². The summed E-state index contributed by atoms with van der Waals surface area (Å²) in [5.74, 6) is 2.60. The molecule has 1 aromatic carbocycles. The van der Waals surface area contributed by atoms with Gasteiger partial charge in [0.1, 0.15) is 5.75 Å². The van der Waals surface area contributed by atoms with Crippen molar-refractivity contribution >= 4 is 23.4 Å². The molecule has 0 aliphatic rings. The molecule has 0 aromatic heterocycles. The van der Waals surface area contributed by atoms with Gasteiger partial charge in [-0.15, -0.1) is 23.4 Å². The number of halogens is 1. The monoisotopic (exact) mass is 230 g/mol. The highest BCUT2D eigenvalue weighted by Gasteiger charge is 2.04. The topological polar surface area (TPSA) is 9.23 Å². The zero-order valence-electron chi connectivity index (χ0n) is 8.76. The van der Waals surface area contributed by atoms with Crippen molar-refractivity contribution in [3.63, 3.8) is 0 Å². The zero-order valence-corrected chi connectivity index (χ0v) is 10.3. The van der Waals surface area contributed by atoms with Crippen LogP contribution in [0.2, 0.25) is 0 Å². The number of aryl methyl sites for hydroxylation is 2. The molecular formula is C11H15ClOS. The minimum atomic E-state index is 0.690. The van der Waals surface area contributed by atoms with E-state index in [0.29, 0.717) is 5.88 Å². The number of hydrogen-bond acceptors (Lipinski definition) is 2. The molecule has 0 aliphatic heterocycles. The molecule has 1 nitrogen and oxygen atoms in total. The van der Waals surface area contributed by atoms with E-state index in [4.69, 9.17) is 16.3 Å². The van der Waals surface area contributed by atoms with Crippen molar-refractivity contribution in [1.29, 1.82) is 0 Å². The number of ether oxygens (including phenoxy) is 1. The van der Waals surface area contributed by atoms with Gasteiger partial charge in [-0.1, -0.05) is 0 Å². The molecule has 0 spiro atoms. The molecule has 1 aromatic rings. The summed E-state index contributed by atoms with van der Waals surface area (Å²) in [4.78, 5) is 1.30. The maximum atomic E-state index is 5.66. The summed E-state index contributed by atoms with van der Waals surface area (Å²) in [6.07, 6.45) is 0. The van der Waals surface area contributed by atoms with Crippen molar-refractivity contribution in [2.24, 2.45) is 0 Å². The molecular weight excluding hydrogens is 216 g/mol. The summed E-state index contributed by atoms with van der Waals surface area (Å²) in [6, 6.07) is 4.23. The van der Waals surface area contributed by atoms with Crippen LogP contribution in [0, 0.1) is 13.8 Å².